The Morgan fingerprint density at radius 1 is 0.702 bits per heavy atom. The summed E-state index contributed by atoms with van der Waals surface area (Å²) >= 11 is 0. The molecule has 2 heterocycles. The van der Waals surface area contributed by atoms with Gasteiger partial charge in [-0.3, -0.25) is 4.99 Å². The highest BCUT2D eigenvalue weighted by atomic mass is 16.3. The van der Waals surface area contributed by atoms with E-state index >= 15 is 0 Å². The number of allylic oxidation sites excluding steroid dienone is 3. The van der Waals surface area contributed by atoms with Crippen LogP contribution >= 0.6 is 0 Å². The molecule has 1 aliphatic rings. The van der Waals surface area contributed by atoms with Crippen molar-refractivity contribution >= 4 is 39.9 Å². The first-order chi connectivity index (χ1) is 23.0. The Kier molecular flexibility index (Phi) is 6.80. The van der Waals surface area contributed by atoms with E-state index in [4.69, 9.17) is 14.4 Å². The van der Waals surface area contributed by atoms with Crippen molar-refractivity contribution < 1.29 is 4.42 Å². The van der Waals surface area contributed by atoms with E-state index < -0.39 is 0 Å². The minimum absolute atomic E-state index is 0.0742. The molecule has 0 saturated carbocycles. The standard InChI is InChI=1S/C43H33N3O/c1-5-13-33(41(44-4)29-21-23-36-34(24-29)30-16-9-11-18-35(30)43(36,2)3)38-26-37(45-42(46-38)27-14-7-6-8-15-27)28-20-22-32-31-17-10-12-19-39(31)47-40(32)25-28/h5-26H,4H2,1-3H3/b13-5-,41-33+. The Hall–Kier alpha value is -5.87. The van der Waals surface area contributed by atoms with Gasteiger partial charge in [0, 0.05) is 38.5 Å². The van der Waals surface area contributed by atoms with Gasteiger partial charge in [0.2, 0.25) is 0 Å². The van der Waals surface area contributed by atoms with Crippen LogP contribution in [0.5, 0.6) is 0 Å². The molecule has 0 unspecified atom stereocenters. The van der Waals surface area contributed by atoms with Crippen LogP contribution in [0.1, 0.15) is 43.2 Å². The van der Waals surface area contributed by atoms with Gasteiger partial charge < -0.3 is 4.42 Å². The molecule has 8 rings (SSSR count). The van der Waals surface area contributed by atoms with Gasteiger partial charge in [-0.1, -0.05) is 117 Å². The van der Waals surface area contributed by atoms with E-state index in [9.17, 15) is 0 Å². The Balaban J connectivity index is 1.33. The zero-order chi connectivity index (χ0) is 32.1. The number of hydrogen-bond donors (Lipinski definition) is 0. The Labute approximate surface area is 274 Å². The van der Waals surface area contributed by atoms with E-state index in [0.29, 0.717) is 5.82 Å². The highest BCUT2D eigenvalue weighted by molar-refractivity contribution is 6.06. The predicted octanol–water partition coefficient (Wildman–Crippen LogP) is 11.2. The second kappa shape index (κ2) is 11.2. The van der Waals surface area contributed by atoms with Crippen LogP contribution < -0.4 is 0 Å². The summed E-state index contributed by atoms with van der Waals surface area (Å²) in [6.45, 7) is 10.6. The molecule has 1 aliphatic carbocycles. The lowest BCUT2D eigenvalue weighted by molar-refractivity contribution is 0.660. The van der Waals surface area contributed by atoms with Crippen molar-refractivity contribution in [2.45, 2.75) is 26.2 Å². The van der Waals surface area contributed by atoms with Crippen LogP contribution in [0.3, 0.4) is 0 Å². The smallest absolute Gasteiger partial charge is 0.160 e. The van der Waals surface area contributed by atoms with E-state index in [2.05, 4.69) is 98.4 Å². The van der Waals surface area contributed by atoms with Crippen molar-refractivity contribution in [3.63, 3.8) is 0 Å². The number of nitrogens with zero attached hydrogens (tertiary/aromatic N) is 3. The van der Waals surface area contributed by atoms with Gasteiger partial charge >= 0.3 is 0 Å². The lowest BCUT2D eigenvalue weighted by Crippen LogP contribution is -2.14. The van der Waals surface area contributed by atoms with Gasteiger partial charge in [-0.2, -0.15) is 0 Å². The van der Waals surface area contributed by atoms with E-state index in [1.165, 1.54) is 22.3 Å². The maximum Gasteiger partial charge on any atom is 0.160 e. The van der Waals surface area contributed by atoms with Crippen LogP contribution in [-0.2, 0) is 5.41 Å². The fraction of sp³-hybridized carbons (Fsp3) is 0.0930. The van der Waals surface area contributed by atoms with Crippen LogP contribution in [0.25, 0.3) is 67.0 Å². The first-order valence-corrected chi connectivity index (χ1v) is 15.9. The van der Waals surface area contributed by atoms with Crippen molar-refractivity contribution in [3.05, 3.63) is 156 Å². The van der Waals surface area contributed by atoms with Gasteiger partial charge in [0.15, 0.2) is 5.82 Å². The number of furan rings is 1. The molecule has 2 aromatic heterocycles. The summed E-state index contributed by atoms with van der Waals surface area (Å²) in [5.74, 6) is 0.637. The number of hydrogen-bond acceptors (Lipinski definition) is 4. The zero-order valence-electron chi connectivity index (χ0n) is 26.7. The van der Waals surface area contributed by atoms with Gasteiger partial charge in [-0.25, -0.2) is 9.97 Å². The van der Waals surface area contributed by atoms with E-state index in [-0.39, 0.29) is 5.41 Å². The molecule has 4 heteroatoms. The molecule has 5 aromatic carbocycles. The molecule has 0 atom stereocenters. The van der Waals surface area contributed by atoms with E-state index in [1.54, 1.807) is 0 Å². The van der Waals surface area contributed by atoms with E-state index in [0.717, 1.165) is 61.3 Å². The second-order valence-corrected chi connectivity index (χ2v) is 12.5. The largest absolute Gasteiger partial charge is 0.456 e. The molecule has 0 bridgehead atoms. The monoisotopic (exact) mass is 607 g/mol. The first-order valence-electron chi connectivity index (χ1n) is 15.9. The number of benzene rings is 5. The molecule has 4 nitrogen and oxygen atoms in total. The fourth-order valence-corrected chi connectivity index (χ4v) is 6.99. The molecule has 0 amide bonds. The van der Waals surface area contributed by atoms with Crippen LogP contribution in [0.2, 0.25) is 0 Å². The average Bonchev–Trinajstić information content (AvgIpc) is 3.60. The maximum absolute atomic E-state index is 6.25. The molecule has 226 valence electrons. The molecule has 0 saturated heterocycles. The first kappa shape index (κ1) is 28.6. The topological polar surface area (TPSA) is 51.3 Å². The third-order valence-electron chi connectivity index (χ3n) is 9.31. The number of aliphatic imine (C=N–C) groups is 1. The van der Waals surface area contributed by atoms with Gasteiger partial charge in [-0.05, 0) is 66.2 Å². The summed E-state index contributed by atoms with van der Waals surface area (Å²) in [7, 11) is 0. The number of rotatable bonds is 6. The Morgan fingerprint density at radius 3 is 2.28 bits per heavy atom. The van der Waals surface area contributed by atoms with Gasteiger partial charge in [0.25, 0.3) is 0 Å². The Morgan fingerprint density at radius 2 is 1.45 bits per heavy atom. The summed E-state index contributed by atoms with van der Waals surface area (Å²) in [6, 6.07) is 41.9. The minimum atomic E-state index is -0.0742. The molecular weight excluding hydrogens is 574 g/mol. The lowest BCUT2D eigenvalue weighted by atomic mass is 9.82. The van der Waals surface area contributed by atoms with Crippen molar-refractivity contribution in [2.24, 2.45) is 4.99 Å². The summed E-state index contributed by atoms with van der Waals surface area (Å²) < 4.78 is 6.25. The van der Waals surface area contributed by atoms with Crippen molar-refractivity contribution in [2.75, 3.05) is 0 Å². The van der Waals surface area contributed by atoms with E-state index in [1.807, 2.05) is 67.6 Å². The van der Waals surface area contributed by atoms with Crippen LogP contribution in [-0.4, -0.2) is 16.7 Å². The minimum Gasteiger partial charge on any atom is -0.456 e. The third-order valence-corrected chi connectivity index (χ3v) is 9.31. The normalized spacial score (nSPS) is 13.9. The van der Waals surface area contributed by atoms with Crippen LogP contribution in [0, 0.1) is 0 Å². The van der Waals surface area contributed by atoms with Crippen molar-refractivity contribution in [3.8, 4) is 33.8 Å². The molecule has 0 N–H and O–H groups in total. The van der Waals surface area contributed by atoms with Crippen LogP contribution in [0.4, 0.5) is 0 Å². The summed E-state index contributed by atoms with van der Waals surface area (Å²) in [4.78, 5) is 14.9. The zero-order valence-corrected chi connectivity index (χ0v) is 26.7. The SMILES string of the molecule is C=N/C(=C(\C=C/C)c1cc(-c2ccc3c(c2)oc2ccccc23)nc(-c2ccccc2)n1)c1ccc2c(c1)-c1ccccc1C2(C)C. The van der Waals surface area contributed by atoms with Crippen molar-refractivity contribution in [1.82, 2.24) is 9.97 Å². The molecule has 0 spiro atoms. The number of para-hydroxylation sites is 1. The average molecular weight is 608 g/mol. The van der Waals surface area contributed by atoms with Gasteiger partial charge in [0.1, 0.15) is 11.2 Å². The summed E-state index contributed by atoms with van der Waals surface area (Å²) in [6.07, 6.45) is 4.09. The maximum atomic E-state index is 6.25. The molecule has 7 aromatic rings. The van der Waals surface area contributed by atoms with Gasteiger partial charge in [0.05, 0.1) is 17.1 Å². The fourth-order valence-electron chi connectivity index (χ4n) is 6.99. The molecule has 47 heavy (non-hydrogen) atoms. The second-order valence-electron chi connectivity index (χ2n) is 12.5. The summed E-state index contributed by atoms with van der Waals surface area (Å²) in [5.41, 5.74) is 12.8. The quantitative estimate of drug-likeness (QED) is 0.140. The molecule has 0 fully saturated rings. The molecular formula is C43H33N3O. The highest BCUT2D eigenvalue weighted by Gasteiger charge is 2.35. The number of fused-ring (bicyclic) bond motifs is 6. The van der Waals surface area contributed by atoms with Crippen molar-refractivity contribution in [1.29, 1.82) is 0 Å². The molecule has 0 radical (unpaired) electrons. The highest BCUT2D eigenvalue weighted by Crippen LogP contribution is 2.49. The molecule has 0 aliphatic heterocycles. The lowest BCUT2D eigenvalue weighted by Gasteiger charge is -2.21. The number of aromatic nitrogens is 2. The Bertz CT molecular complexity index is 2410. The van der Waals surface area contributed by atoms with Crippen LogP contribution in [0.15, 0.2) is 143 Å². The predicted molar refractivity (Wildman–Crippen MR) is 195 cm³/mol. The van der Waals surface area contributed by atoms with Gasteiger partial charge in [-0.15, -0.1) is 0 Å². The summed E-state index contributed by atoms with van der Waals surface area (Å²) in [5, 5.41) is 2.18. The third kappa shape index (κ3) is 4.72.